The van der Waals surface area contributed by atoms with E-state index in [1.165, 1.54) is 0 Å². The van der Waals surface area contributed by atoms with Crippen molar-refractivity contribution >= 4 is 38.6 Å². The van der Waals surface area contributed by atoms with Gasteiger partial charge < -0.3 is 9.88 Å². The monoisotopic (exact) mass is 474 g/mol. The van der Waals surface area contributed by atoms with Gasteiger partial charge in [-0.1, -0.05) is 36.2 Å². The highest BCUT2D eigenvalue weighted by Crippen LogP contribution is 2.25. The van der Waals surface area contributed by atoms with Crippen molar-refractivity contribution in [3.8, 4) is 0 Å². The summed E-state index contributed by atoms with van der Waals surface area (Å²) in [7, 11) is -1.63. The normalized spacial score (nSPS) is 15.2. The molecule has 32 heavy (non-hydrogen) atoms. The molecule has 1 amide bonds. The topological polar surface area (TPSA) is 84.3 Å². The van der Waals surface area contributed by atoms with Crippen molar-refractivity contribution in [3.63, 3.8) is 0 Å². The van der Waals surface area contributed by atoms with Crippen LogP contribution < -0.4 is 5.32 Å². The maximum Gasteiger partial charge on any atom is 0.243 e. The molecule has 1 aliphatic heterocycles. The average molecular weight is 475 g/mol. The number of hydrogen-bond donors (Lipinski definition) is 1. The highest BCUT2D eigenvalue weighted by atomic mass is 35.5. The summed E-state index contributed by atoms with van der Waals surface area (Å²) in [5.41, 5.74) is 2.33. The van der Waals surface area contributed by atoms with Crippen molar-refractivity contribution in [1.29, 1.82) is 0 Å². The number of carbonyl (C=O) groups is 1. The molecule has 0 saturated carbocycles. The molecule has 170 valence electrons. The molecule has 9 heteroatoms. The number of carbonyl (C=O) groups excluding carboxylic acids is 1. The van der Waals surface area contributed by atoms with Gasteiger partial charge in [0.1, 0.15) is 5.82 Å². The molecule has 3 aromatic rings. The molecule has 1 aliphatic rings. The van der Waals surface area contributed by atoms with Crippen LogP contribution >= 0.6 is 11.6 Å². The Hall–Kier alpha value is -2.42. The summed E-state index contributed by atoms with van der Waals surface area (Å²) < 4.78 is 29.4. The first-order chi connectivity index (χ1) is 15.4. The Kier molecular flexibility index (Phi) is 6.83. The van der Waals surface area contributed by atoms with Crippen LogP contribution in [-0.4, -0.2) is 41.3 Å². The summed E-state index contributed by atoms with van der Waals surface area (Å²) in [5.74, 6) is 0.644. The number of amides is 1. The van der Waals surface area contributed by atoms with Gasteiger partial charge in [0.25, 0.3) is 0 Å². The predicted molar refractivity (Wildman–Crippen MR) is 125 cm³/mol. The Bertz CT molecular complexity index is 1230. The van der Waals surface area contributed by atoms with Gasteiger partial charge in [0.15, 0.2) is 0 Å². The van der Waals surface area contributed by atoms with Crippen LogP contribution in [-0.2, 0) is 34.8 Å². The molecular formula is C23H27ClN4O3S. The molecule has 1 aromatic heterocycles. The molecule has 2 aromatic carbocycles. The van der Waals surface area contributed by atoms with Crippen molar-refractivity contribution in [3.05, 3.63) is 58.9 Å². The van der Waals surface area contributed by atoms with E-state index in [0.717, 1.165) is 36.2 Å². The fourth-order valence-electron chi connectivity index (χ4n) is 4.02. The molecule has 0 spiro atoms. The van der Waals surface area contributed by atoms with E-state index in [9.17, 15) is 13.2 Å². The maximum absolute atomic E-state index is 13.0. The highest BCUT2D eigenvalue weighted by molar-refractivity contribution is 7.89. The summed E-state index contributed by atoms with van der Waals surface area (Å²) in [4.78, 5) is 17.2. The summed E-state index contributed by atoms with van der Waals surface area (Å²) in [5, 5.41) is 3.51. The van der Waals surface area contributed by atoms with Gasteiger partial charge in [0, 0.05) is 44.5 Å². The third-order valence-corrected chi connectivity index (χ3v) is 8.17. The van der Waals surface area contributed by atoms with Crippen LogP contribution in [0, 0.1) is 0 Å². The smallest absolute Gasteiger partial charge is 0.243 e. The minimum atomic E-state index is -3.51. The molecule has 1 fully saturated rings. The summed E-state index contributed by atoms with van der Waals surface area (Å²) in [6.07, 6.45) is 3.59. The molecule has 4 rings (SSSR count). The molecule has 1 N–H and O–H groups in total. The fraction of sp³-hybridized carbons (Fsp3) is 0.391. The second-order valence-electron chi connectivity index (χ2n) is 8.07. The van der Waals surface area contributed by atoms with Crippen molar-refractivity contribution in [2.24, 2.45) is 7.05 Å². The lowest BCUT2D eigenvalue weighted by Crippen LogP contribution is -2.35. The predicted octanol–water partition coefficient (Wildman–Crippen LogP) is 3.65. The Morgan fingerprint density at radius 1 is 1.12 bits per heavy atom. The maximum atomic E-state index is 13.0. The Morgan fingerprint density at radius 2 is 1.88 bits per heavy atom. The molecule has 1 saturated heterocycles. The van der Waals surface area contributed by atoms with Gasteiger partial charge in [-0.25, -0.2) is 13.4 Å². The zero-order valence-electron chi connectivity index (χ0n) is 18.1. The van der Waals surface area contributed by atoms with Crippen molar-refractivity contribution < 1.29 is 13.2 Å². The number of nitrogens with one attached hydrogen (secondary N) is 1. The number of aromatic nitrogens is 2. The fourth-order valence-corrected chi connectivity index (χ4v) is 5.76. The van der Waals surface area contributed by atoms with Crippen molar-refractivity contribution in [2.45, 2.75) is 43.5 Å². The van der Waals surface area contributed by atoms with E-state index >= 15 is 0 Å². The molecule has 2 heterocycles. The van der Waals surface area contributed by atoms with E-state index in [-0.39, 0.29) is 17.2 Å². The third kappa shape index (κ3) is 4.82. The van der Waals surface area contributed by atoms with Crippen LogP contribution in [0.1, 0.15) is 37.1 Å². The number of benzene rings is 2. The van der Waals surface area contributed by atoms with Gasteiger partial charge in [-0.15, -0.1) is 0 Å². The number of imidazole rings is 1. The van der Waals surface area contributed by atoms with E-state index in [4.69, 9.17) is 11.6 Å². The van der Waals surface area contributed by atoms with Crippen LogP contribution in [0.5, 0.6) is 0 Å². The summed E-state index contributed by atoms with van der Waals surface area (Å²) in [6.45, 7) is 1.51. The van der Waals surface area contributed by atoms with Gasteiger partial charge in [-0.05, 0) is 42.7 Å². The van der Waals surface area contributed by atoms with Crippen LogP contribution in [0.3, 0.4) is 0 Å². The lowest BCUT2D eigenvalue weighted by molar-refractivity contribution is -0.121. The van der Waals surface area contributed by atoms with Crippen LogP contribution in [0.25, 0.3) is 11.0 Å². The quantitative estimate of drug-likeness (QED) is 0.566. The number of sulfonamides is 1. The van der Waals surface area contributed by atoms with Gasteiger partial charge in [-0.2, -0.15) is 4.31 Å². The highest BCUT2D eigenvalue weighted by Gasteiger charge is 2.26. The van der Waals surface area contributed by atoms with E-state index in [1.807, 2.05) is 29.8 Å². The first-order valence-electron chi connectivity index (χ1n) is 10.8. The largest absolute Gasteiger partial charge is 0.352 e. The van der Waals surface area contributed by atoms with Crippen molar-refractivity contribution in [1.82, 2.24) is 19.2 Å². The number of fused-ring (bicyclic) bond motifs is 1. The number of rotatable bonds is 7. The van der Waals surface area contributed by atoms with E-state index in [0.29, 0.717) is 36.6 Å². The molecule has 0 atom stereocenters. The molecular weight excluding hydrogens is 448 g/mol. The third-order valence-electron chi connectivity index (χ3n) is 5.91. The van der Waals surface area contributed by atoms with Gasteiger partial charge in [0.05, 0.1) is 15.9 Å². The number of nitrogens with zero attached hydrogens (tertiary/aromatic N) is 3. The first-order valence-corrected chi connectivity index (χ1v) is 12.6. The minimum absolute atomic E-state index is 0.0923. The minimum Gasteiger partial charge on any atom is -0.352 e. The number of piperidine rings is 1. The van der Waals surface area contributed by atoms with Crippen LogP contribution in [0.15, 0.2) is 47.4 Å². The second-order valence-corrected chi connectivity index (χ2v) is 10.4. The van der Waals surface area contributed by atoms with Gasteiger partial charge in [0.2, 0.25) is 15.9 Å². The zero-order valence-corrected chi connectivity index (χ0v) is 19.6. The lowest BCUT2D eigenvalue weighted by Gasteiger charge is -2.25. The molecule has 0 radical (unpaired) electrons. The lowest BCUT2D eigenvalue weighted by atomic mass is 10.2. The summed E-state index contributed by atoms with van der Waals surface area (Å²) in [6, 6.07) is 12.5. The Labute approximate surface area is 193 Å². The molecule has 0 bridgehead atoms. The number of aryl methyl sites for hydroxylation is 2. The average Bonchev–Trinajstić information content (AvgIpc) is 3.12. The van der Waals surface area contributed by atoms with Crippen LogP contribution in [0.2, 0.25) is 5.02 Å². The zero-order chi connectivity index (χ0) is 22.7. The number of halogens is 1. The first kappa shape index (κ1) is 22.8. The Morgan fingerprint density at radius 3 is 2.62 bits per heavy atom. The Balaban J connectivity index is 1.44. The molecule has 0 aliphatic carbocycles. The molecule has 0 unspecified atom stereocenters. The van der Waals surface area contributed by atoms with Gasteiger partial charge >= 0.3 is 0 Å². The molecule has 7 nitrogen and oxygen atoms in total. The van der Waals surface area contributed by atoms with E-state index < -0.39 is 10.0 Å². The summed E-state index contributed by atoms with van der Waals surface area (Å²) >= 11 is 6.13. The van der Waals surface area contributed by atoms with Gasteiger partial charge in [-0.3, -0.25) is 4.79 Å². The standard InChI is InChI=1S/C23H27ClN4O3S/c1-27-21-10-9-18(32(30,31)28-13-5-2-6-14-28)15-20(21)26-22(27)11-12-23(29)25-16-17-7-3-4-8-19(17)24/h3-4,7-10,15H,2,5-6,11-14,16H2,1H3,(H,25,29). The number of hydrogen-bond acceptors (Lipinski definition) is 4. The van der Waals surface area contributed by atoms with Crippen LogP contribution in [0.4, 0.5) is 0 Å². The SMILES string of the molecule is Cn1c(CCC(=O)NCc2ccccc2Cl)nc2cc(S(=O)(=O)N3CCCCC3)ccc21. The van der Waals surface area contributed by atoms with E-state index in [1.54, 1.807) is 28.6 Å². The van der Waals surface area contributed by atoms with Crippen molar-refractivity contribution in [2.75, 3.05) is 13.1 Å². The van der Waals surface area contributed by atoms with E-state index in [2.05, 4.69) is 10.3 Å². The second kappa shape index (κ2) is 9.60.